The number of benzene rings is 2. The Hall–Kier alpha value is -2.36. The first-order valence-corrected chi connectivity index (χ1v) is 13.9. The molecule has 2 aromatic carbocycles. The number of nitro groups is 1. The van der Waals surface area contributed by atoms with E-state index in [1.807, 2.05) is 18.2 Å². The summed E-state index contributed by atoms with van der Waals surface area (Å²) in [7, 11) is 0.269. The molecule has 0 aromatic heterocycles. The fraction of sp³-hybridized carbons (Fsp3) is 0.333. The van der Waals surface area contributed by atoms with Gasteiger partial charge in [0.1, 0.15) is 5.75 Å². The molecule has 0 unspecified atom stereocenters. The van der Waals surface area contributed by atoms with E-state index in [1.165, 1.54) is 13.2 Å². The average molecular weight is 495 g/mol. The Morgan fingerprint density at radius 2 is 1.93 bits per heavy atom. The molecule has 162 valence electrons. The third-order valence-electron chi connectivity index (χ3n) is 4.26. The summed E-state index contributed by atoms with van der Waals surface area (Å²) in [5, 5.41) is 11.0. The van der Waals surface area contributed by atoms with Crippen LogP contribution in [0.4, 0.5) is 11.4 Å². The van der Waals surface area contributed by atoms with Crippen molar-refractivity contribution in [1.29, 1.82) is 0 Å². The molecule has 0 saturated heterocycles. The van der Waals surface area contributed by atoms with Crippen molar-refractivity contribution >= 4 is 47.5 Å². The lowest BCUT2D eigenvalue weighted by molar-refractivity contribution is -0.385. The van der Waals surface area contributed by atoms with Gasteiger partial charge < -0.3 is 19.9 Å². The van der Waals surface area contributed by atoms with E-state index in [4.69, 9.17) is 19.9 Å². The molecule has 0 radical (unpaired) electrons. The molecule has 0 aliphatic heterocycles. The topological polar surface area (TPSA) is 96.8 Å². The molecule has 0 aliphatic carbocycles. The maximum absolute atomic E-state index is 11.0. The van der Waals surface area contributed by atoms with Gasteiger partial charge in [-0.15, -0.1) is 0 Å². The van der Waals surface area contributed by atoms with Crippen LogP contribution in [-0.2, 0) is 4.74 Å². The smallest absolute Gasteiger partial charge is 0.310 e. The maximum atomic E-state index is 11.0. The normalized spacial score (nSPS) is 11.6. The molecule has 7 nitrogen and oxygen atoms in total. The first-order chi connectivity index (χ1) is 14.1. The molecular formula is C21H27BrN2O5Si. The monoisotopic (exact) mass is 494 g/mol. The lowest BCUT2D eigenvalue weighted by Crippen LogP contribution is -2.22. The van der Waals surface area contributed by atoms with E-state index < -0.39 is 13.0 Å². The van der Waals surface area contributed by atoms with Crippen LogP contribution in [-0.4, -0.2) is 33.5 Å². The van der Waals surface area contributed by atoms with Crippen molar-refractivity contribution < 1.29 is 19.1 Å². The molecule has 0 heterocycles. The first kappa shape index (κ1) is 23.9. The molecule has 0 fully saturated rings. The van der Waals surface area contributed by atoms with Crippen molar-refractivity contribution in [1.82, 2.24) is 0 Å². The van der Waals surface area contributed by atoms with Crippen molar-refractivity contribution in [3.05, 3.63) is 56.0 Å². The van der Waals surface area contributed by atoms with Crippen molar-refractivity contribution in [3.63, 3.8) is 0 Å². The quantitative estimate of drug-likeness (QED) is 0.0850. The minimum Gasteiger partial charge on any atom is -0.490 e. The van der Waals surface area contributed by atoms with Gasteiger partial charge in [-0.1, -0.05) is 31.8 Å². The van der Waals surface area contributed by atoms with Gasteiger partial charge in [0, 0.05) is 31.3 Å². The van der Waals surface area contributed by atoms with Gasteiger partial charge in [-0.25, -0.2) is 0 Å². The Kier molecular flexibility index (Phi) is 8.45. The second-order valence-corrected chi connectivity index (χ2v) is 14.3. The van der Waals surface area contributed by atoms with Crippen LogP contribution in [0.5, 0.6) is 11.5 Å². The molecule has 30 heavy (non-hydrogen) atoms. The van der Waals surface area contributed by atoms with Gasteiger partial charge in [0.05, 0.1) is 17.7 Å². The first-order valence-electron chi connectivity index (χ1n) is 9.41. The van der Waals surface area contributed by atoms with Crippen LogP contribution in [0.1, 0.15) is 11.1 Å². The van der Waals surface area contributed by atoms with Crippen molar-refractivity contribution in [2.75, 3.05) is 26.2 Å². The molecular weight excluding hydrogens is 468 g/mol. The predicted octanol–water partition coefficient (Wildman–Crippen LogP) is 5.81. The largest absolute Gasteiger partial charge is 0.490 e. The average Bonchev–Trinajstić information content (AvgIpc) is 2.67. The lowest BCUT2D eigenvalue weighted by Gasteiger charge is -2.16. The van der Waals surface area contributed by atoms with Crippen LogP contribution in [0.3, 0.4) is 0 Å². The van der Waals surface area contributed by atoms with E-state index in [0.29, 0.717) is 18.0 Å². The Balaban J connectivity index is 2.11. The number of hydrogen-bond donors (Lipinski definition) is 1. The maximum Gasteiger partial charge on any atom is 0.310 e. The number of ether oxygens (including phenoxy) is 3. The minimum atomic E-state index is -1.13. The van der Waals surface area contributed by atoms with Gasteiger partial charge in [-0.3, -0.25) is 10.1 Å². The highest BCUT2D eigenvalue weighted by atomic mass is 79.9. The molecule has 2 aromatic rings. The second-order valence-electron chi connectivity index (χ2n) is 7.92. The van der Waals surface area contributed by atoms with Gasteiger partial charge in [-0.05, 0) is 51.3 Å². The molecule has 0 atom stereocenters. The third-order valence-corrected chi connectivity index (χ3v) is 6.88. The molecule has 0 bridgehead atoms. The van der Waals surface area contributed by atoms with Gasteiger partial charge in [0.25, 0.3) is 0 Å². The summed E-state index contributed by atoms with van der Waals surface area (Å²) >= 11 is 3.49. The number of hydrogen-bond acceptors (Lipinski definition) is 6. The van der Waals surface area contributed by atoms with Crippen LogP contribution < -0.4 is 15.2 Å². The summed E-state index contributed by atoms with van der Waals surface area (Å²) in [6.45, 7) is 7.73. The summed E-state index contributed by atoms with van der Waals surface area (Å²) in [6.07, 6.45) is 3.67. The van der Waals surface area contributed by atoms with E-state index in [-0.39, 0.29) is 18.2 Å². The number of nitrogens with zero attached hydrogens (tertiary/aromatic N) is 1. The van der Waals surface area contributed by atoms with Crippen molar-refractivity contribution in [2.24, 2.45) is 0 Å². The van der Waals surface area contributed by atoms with Gasteiger partial charge in [0.2, 0.25) is 0 Å². The fourth-order valence-corrected chi connectivity index (χ4v) is 3.65. The number of methoxy groups -OCH3 is 1. The van der Waals surface area contributed by atoms with Crippen LogP contribution in [0.25, 0.3) is 12.2 Å². The van der Waals surface area contributed by atoms with E-state index in [2.05, 4.69) is 35.6 Å². The third kappa shape index (κ3) is 7.15. The predicted molar refractivity (Wildman–Crippen MR) is 127 cm³/mol. The van der Waals surface area contributed by atoms with Crippen LogP contribution in [0.15, 0.2) is 34.8 Å². The Bertz CT molecular complexity index is 928. The second kappa shape index (κ2) is 10.6. The van der Waals surface area contributed by atoms with E-state index in [1.54, 1.807) is 18.2 Å². The van der Waals surface area contributed by atoms with Crippen molar-refractivity contribution in [3.8, 4) is 11.5 Å². The highest BCUT2D eigenvalue weighted by Gasteiger charge is 2.14. The molecule has 0 saturated carbocycles. The molecule has 0 spiro atoms. The molecule has 0 amide bonds. The van der Waals surface area contributed by atoms with E-state index >= 15 is 0 Å². The van der Waals surface area contributed by atoms with Gasteiger partial charge >= 0.3 is 5.69 Å². The summed E-state index contributed by atoms with van der Waals surface area (Å²) in [6, 6.07) is 9.34. The highest BCUT2D eigenvalue weighted by Crippen LogP contribution is 2.32. The van der Waals surface area contributed by atoms with E-state index in [0.717, 1.165) is 21.6 Å². The number of rotatable bonds is 10. The lowest BCUT2D eigenvalue weighted by atomic mass is 10.1. The zero-order valence-electron chi connectivity index (χ0n) is 17.6. The Morgan fingerprint density at radius 1 is 1.20 bits per heavy atom. The number of nitrogens with two attached hydrogens (primary N) is 1. The highest BCUT2D eigenvalue weighted by molar-refractivity contribution is 9.10. The number of halogens is 1. The standard InChI is InChI=1S/C21H27BrN2O5Si/c1-27-20-11-15(6-8-19(20)24(25)26)5-7-16-12-17(13-18(23)21(16)22)29-14-28-9-10-30(2,3)4/h5-8,11-13H,9-10,14,23H2,1-4H3/b7-5+. The van der Waals surface area contributed by atoms with Crippen LogP contribution in [0, 0.1) is 10.1 Å². The zero-order chi connectivity index (χ0) is 22.3. The number of nitro benzene ring substituents is 1. The Morgan fingerprint density at radius 3 is 2.57 bits per heavy atom. The number of nitrogen functional groups attached to an aromatic ring is 1. The summed E-state index contributed by atoms with van der Waals surface area (Å²) in [5.41, 5.74) is 8.11. The molecule has 9 heteroatoms. The fourth-order valence-electron chi connectivity index (χ4n) is 2.53. The minimum absolute atomic E-state index is 0.0791. The van der Waals surface area contributed by atoms with Gasteiger partial charge in [0.15, 0.2) is 12.5 Å². The number of anilines is 1. The molecule has 2 N–H and O–H groups in total. The Labute approximate surface area is 186 Å². The van der Waals surface area contributed by atoms with Crippen LogP contribution in [0.2, 0.25) is 25.7 Å². The van der Waals surface area contributed by atoms with Gasteiger partial charge in [-0.2, -0.15) is 0 Å². The van der Waals surface area contributed by atoms with E-state index in [9.17, 15) is 10.1 Å². The summed E-state index contributed by atoms with van der Waals surface area (Å²) in [4.78, 5) is 10.6. The molecule has 2 rings (SSSR count). The molecule has 0 aliphatic rings. The summed E-state index contributed by atoms with van der Waals surface area (Å²) in [5.74, 6) is 0.804. The van der Waals surface area contributed by atoms with Crippen LogP contribution >= 0.6 is 15.9 Å². The zero-order valence-corrected chi connectivity index (χ0v) is 20.2. The SMILES string of the molecule is COc1cc(/C=C/c2cc(OCOCC[Si](C)(C)C)cc(N)c2Br)ccc1[N+](=O)[O-]. The van der Waals surface area contributed by atoms with Crippen molar-refractivity contribution in [2.45, 2.75) is 25.7 Å². The summed E-state index contributed by atoms with van der Waals surface area (Å²) < 4.78 is 17.1.